The molecule has 0 saturated carbocycles. The van der Waals surface area contributed by atoms with Crippen LogP contribution in [-0.2, 0) is 16.1 Å². The Kier molecular flexibility index (Phi) is 8.38. The molecule has 0 aliphatic heterocycles. The van der Waals surface area contributed by atoms with Crippen LogP contribution in [-0.4, -0.2) is 43.5 Å². The van der Waals surface area contributed by atoms with Crippen molar-refractivity contribution in [1.82, 2.24) is 30.0 Å². The molecule has 188 valence electrons. The number of nitrogens with one attached hydrogen (secondary N) is 1. The Morgan fingerprint density at radius 3 is 2.83 bits per heavy atom. The lowest BCUT2D eigenvalue weighted by molar-refractivity contribution is -0.123. The number of rotatable bonds is 13. The summed E-state index contributed by atoms with van der Waals surface area (Å²) in [4.78, 5) is 37.2. The number of amides is 1. The highest BCUT2D eigenvalue weighted by Crippen LogP contribution is 2.33. The summed E-state index contributed by atoms with van der Waals surface area (Å²) in [5.41, 5.74) is 1.50. The van der Waals surface area contributed by atoms with E-state index >= 15 is 0 Å². The van der Waals surface area contributed by atoms with Crippen molar-refractivity contribution < 1.29 is 18.7 Å². The first-order chi connectivity index (χ1) is 17.6. The lowest BCUT2D eigenvalue weighted by Crippen LogP contribution is -2.32. The van der Waals surface area contributed by atoms with Crippen LogP contribution in [0.4, 0.5) is 0 Å². The minimum Gasteiger partial charge on any atom is -0.480 e. The number of hydrogen-bond acceptors (Lipinski definition) is 8. The van der Waals surface area contributed by atoms with E-state index in [1.54, 1.807) is 13.3 Å². The molecule has 4 rings (SSSR count). The third-order valence-corrected chi connectivity index (χ3v) is 5.92. The Labute approximate surface area is 209 Å². The number of hydrogen-bond donors (Lipinski definition) is 1. The van der Waals surface area contributed by atoms with Crippen molar-refractivity contribution in [3.8, 4) is 17.2 Å². The van der Waals surface area contributed by atoms with Crippen LogP contribution >= 0.6 is 0 Å². The summed E-state index contributed by atoms with van der Waals surface area (Å²) in [5, 5.41) is 7.95. The molecule has 1 N–H and O–H groups in total. The number of fused-ring (bicyclic) bond motifs is 1. The van der Waals surface area contributed by atoms with E-state index in [0.29, 0.717) is 42.4 Å². The van der Waals surface area contributed by atoms with Crippen molar-refractivity contribution in [1.29, 1.82) is 0 Å². The van der Waals surface area contributed by atoms with Crippen LogP contribution in [0.2, 0.25) is 0 Å². The van der Waals surface area contributed by atoms with E-state index in [1.165, 1.54) is 17.3 Å². The maximum Gasteiger partial charge on any atom is 0.242 e. The molecular weight excluding hydrogens is 460 g/mol. The fraction of sp³-hybridized carbons (Fsp3) is 0.385. The molecule has 3 heterocycles. The minimum absolute atomic E-state index is 0.0392. The van der Waals surface area contributed by atoms with E-state index in [2.05, 4.69) is 25.4 Å². The van der Waals surface area contributed by atoms with Gasteiger partial charge in [0.05, 0.1) is 24.4 Å². The standard InChI is InChI=1S/C26H30N6O4/c1-3-19(33)10-5-4-6-12-22(30-24(34)15-32-17-27-16-29-32)26-28-14-23(36-26)20-13-18-9-7-8-11-21(18)31-25(20)35-2/h7-9,11,13-14,16-17,22H,3-6,10,12,15H2,1-2H3,(H,30,34)/t22-/m0/s1. The third-order valence-electron chi connectivity index (χ3n) is 5.92. The first-order valence-corrected chi connectivity index (χ1v) is 12.1. The quantitative estimate of drug-likeness (QED) is 0.275. The van der Waals surface area contributed by atoms with E-state index in [1.807, 2.05) is 37.3 Å². The number of nitrogens with zero attached hydrogens (tertiary/aromatic N) is 5. The number of Topliss-reactive ketones (excluding diaryl/α,β-unsaturated/α-hetero) is 1. The van der Waals surface area contributed by atoms with Crippen LogP contribution in [0.3, 0.4) is 0 Å². The number of methoxy groups -OCH3 is 1. The molecule has 1 aromatic carbocycles. The van der Waals surface area contributed by atoms with Gasteiger partial charge in [-0.25, -0.2) is 19.6 Å². The number of ether oxygens (including phenoxy) is 1. The number of carbonyl (C=O) groups excluding carboxylic acids is 2. The van der Waals surface area contributed by atoms with Gasteiger partial charge in [0.2, 0.25) is 17.7 Å². The fourth-order valence-corrected chi connectivity index (χ4v) is 3.99. The number of oxazole rings is 1. The third kappa shape index (κ3) is 6.32. The van der Waals surface area contributed by atoms with Crippen LogP contribution in [0.15, 0.2) is 53.6 Å². The molecule has 0 aliphatic rings. The number of aromatic nitrogens is 5. The smallest absolute Gasteiger partial charge is 0.242 e. The second-order valence-corrected chi connectivity index (χ2v) is 8.51. The van der Waals surface area contributed by atoms with E-state index < -0.39 is 6.04 Å². The molecule has 1 amide bonds. The summed E-state index contributed by atoms with van der Waals surface area (Å²) in [6.45, 7) is 1.92. The molecular formula is C26H30N6O4. The van der Waals surface area contributed by atoms with Gasteiger partial charge < -0.3 is 14.5 Å². The molecule has 0 bridgehead atoms. The maximum atomic E-state index is 12.7. The predicted octanol–water partition coefficient (Wildman–Crippen LogP) is 4.28. The van der Waals surface area contributed by atoms with Crippen molar-refractivity contribution in [2.24, 2.45) is 0 Å². The number of benzene rings is 1. The molecule has 36 heavy (non-hydrogen) atoms. The van der Waals surface area contributed by atoms with E-state index in [9.17, 15) is 9.59 Å². The number of carbonyl (C=O) groups is 2. The second kappa shape index (κ2) is 12.1. The number of ketones is 1. The van der Waals surface area contributed by atoms with Gasteiger partial charge in [-0.2, -0.15) is 5.10 Å². The number of para-hydroxylation sites is 1. The summed E-state index contributed by atoms with van der Waals surface area (Å²) in [6.07, 6.45) is 8.76. The summed E-state index contributed by atoms with van der Waals surface area (Å²) in [7, 11) is 1.56. The van der Waals surface area contributed by atoms with Crippen molar-refractivity contribution in [3.63, 3.8) is 0 Å². The molecule has 1 atom stereocenters. The molecule has 0 spiro atoms. The topological polar surface area (TPSA) is 125 Å². The summed E-state index contributed by atoms with van der Waals surface area (Å²) < 4.78 is 13.1. The lowest BCUT2D eigenvalue weighted by Gasteiger charge is -2.16. The summed E-state index contributed by atoms with van der Waals surface area (Å²) >= 11 is 0. The molecule has 10 nitrogen and oxygen atoms in total. The molecule has 10 heteroatoms. The Balaban J connectivity index is 1.52. The Hall–Kier alpha value is -4.08. The van der Waals surface area contributed by atoms with E-state index in [0.717, 1.165) is 30.2 Å². The minimum atomic E-state index is -0.434. The number of unbranched alkanes of at least 4 members (excludes halogenated alkanes) is 2. The zero-order chi connectivity index (χ0) is 25.3. The highest BCUT2D eigenvalue weighted by Gasteiger charge is 2.22. The summed E-state index contributed by atoms with van der Waals surface area (Å²) in [5.74, 6) is 1.38. The van der Waals surface area contributed by atoms with Crippen molar-refractivity contribution in [3.05, 3.63) is 55.1 Å². The molecule has 4 aromatic rings. The zero-order valence-corrected chi connectivity index (χ0v) is 20.5. The Bertz CT molecular complexity index is 1300. The Morgan fingerprint density at radius 1 is 1.19 bits per heavy atom. The molecule has 0 saturated heterocycles. The molecule has 0 aliphatic carbocycles. The van der Waals surface area contributed by atoms with Crippen LogP contribution < -0.4 is 10.1 Å². The van der Waals surface area contributed by atoms with Crippen LogP contribution in [0.25, 0.3) is 22.2 Å². The monoisotopic (exact) mass is 490 g/mol. The first-order valence-electron chi connectivity index (χ1n) is 12.1. The van der Waals surface area contributed by atoms with Crippen LogP contribution in [0, 0.1) is 0 Å². The fourth-order valence-electron chi connectivity index (χ4n) is 3.99. The van der Waals surface area contributed by atoms with E-state index in [-0.39, 0.29) is 18.2 Å². The zero-order valence-electron chi connectivity index (χ0n) is 20.5. The van der Waals surface area contributed by atoms with Gasteiger partial charge in [-0.05, 0) is 25.0 Å². The van der Waals surface area contributed by atoms with Gasteiger partial charge in [0.25, 0.3) is 0 Å². The predicted molar refractivity (Wildman–Crippen MR) is 133 cm³/mol. The highest BCUT2D eigenvalue weighted by atomic mass is 16.5. The van der Waals surface area contributed by atoms with Gasteiger partial charge in [0, 0.05) is 18.2 Å². The van der Waals surface area contributed by atoms with Gasteiger partial charge >= 0.3 is 0 Å². The normalized spacial score (nSPS) is 11.9. The molecule has 0 fully saturated rings. The van der Waals surface area contributed by atoms with Crippen molar-refractivity contribution in [2.45, 2.75) is 58.0 Å². The SMILES string of the molecule is CCC(=O)CCCCC[C@H](NC(=O)Cn1cncn1)c1ncc(-c2cc3ccccc3nc2OC)o1. The lowest BCUT2D eigenvalue weighted by atomic mass is 10.0. The summed E-state index contributed by atoms with van der Waals surface area (Å²) in [6, 6.07) is 9.28. The van der Waals surface area contributed by atoms with E-state index in [4.69, 9.17) is 9.15 Å². The molecule has 0 unspecified atom stereocenters. The van der Waals surface area contributed by atoms with Crippen molar-refractivity contribution >= 4 is 22.6 Å². The average molecular weight is 491 g/mol. The maximum absolute atomic E-state index is 12.7. The van der Waals surface area contributed by atoms with Crippen LogP contribution in [0.5, 0.6) is 5.88 Å². The van der Waals surface area contributed by atoms with Gasteiger partial charge in [-0.15, -0.1) is 0 Å². The number of pyridine rings is 1. The average Bonchev–Trinajstić information content (AvgIpc) is 3.59. The van der Waals surface area contributed by atoms with Crippen LogP contribution in [0.1, 0.15) is 57.4 Å². The first kappa shape index (κ1) is 25.0. The second-order valence-electron chi connectivity index (χ2n) is 8.51. The van der Waals surface area contributed by atoms with Gasteiger partial charge in [0.1, 0.15) is 31.0 Å². The largest absolute Gasteiger partial charge is 0.480 e. The molecule has 0 radical (unpaired) electrons. The van der Waals surface area contributed by atoms with Crippen molar-refractivity contribution in [2.75, 3.05) is 7.11 Å². The van der Waals surface area contributed by atoms with Gasteiger partial charge in [-0.3, -0.25) is 9.59 Å². The van der Waals surface area contributed by atoms with Gasteiger partial charge in [-0.1, -0.05) is 38.0 Å². The highest BCUT2D eigenvalue weighted by molar-refractivity contribution is 5.85. The molecule has 3 aromatic heterocycles. The van der Waals surface area contributed by atoms with Gasteiger partial charge in [0.15, 0.2) is 5.76 Å². The Morgan fingerprint density at radius 2 is 2.06 bits per heavy atom.